The predicted molar refractivity (Wildman–Crippen MR) is 245 cm³/mol. The summed E-state index contributed by atoms with van der Waals surface area (Å²) in [6, 6.07) is -0.761. The van der Waals surface area contributed by atoms with E-state index in [2.05, 4.69) is 31.3 Å². The van der Waals surface area contributed by atoms with E-state index in [-0.39, 0.29) is 19.1 Å². The Morgan fingerprint density at radius 1 is 0.579 bits per heavy atom. The van der Waals surface area contributed by atoms with Gasteiger partial charge >= 0.3 is 7.82 Å². The highest BCUT2D eigenvalue weighted by Gasteiger charge is 2.28. The maximum absolute atomic E-state index is 12.8. The van der Waals surface area contributed by atoms with E-state index in [1.54, 1.807) is 0 Å². The van der Waals surface area contributed by atoms with Crippen LogP contribution < -0.4 is 5.32 Å². The molecule has 57 heavy (non-hydrogen) atoms. The summed E-state index contributed by atoms with van der Waals surface area (Å²) < 4.78 is 23.6. The zero-order valence-electron chi connectivity index (χ0n) is 38.6. The minimum Gasteiger partial charge on any atom is -0.391 e. The molecule has 0 aromatic heterocycles. The number of nitrogens with zero attached hydrogens (tertiary/aromatic N) is 1. The molecule has 0 bridgehead atoms. The number of aliphatic hydroxyl groups is 1. The van der Waals surface area contributed by atoms with Gasteiger partial charge < -0.3 is 19.8 Å². The maximum atomic E-state index is 12.8. The number of carbonyl (C=O) groups is 1. The molecule has 0 aromatic rings. The first-order chi connectivity index (χ1) is 27.5. The molecular weight excluding hydrogens is 732 g/mol. The summed E-state index contributed by atoms with van der Waals surface area (Å²) in [6.45, 7) is 4.85. The average molecular weight is 830 g/mol. The van der Waals surface area contributed by atoms with E-state index >= 15 is 0 Å². The van der Waals surface area contributed by atoms with Crippen LogP contribution in [-0.2, 0) is 18.4 Å². The van der Waals surface area contributed by atoms with Crippen molar-refractivity contribution < 1.29 is 32.9 Å². The first-order valence-electron chi connectivity index (χ1n) is 24.6. The van der Waals surface area contributed by atoms with Crippen molar-refractivity contribution >= 4 is 13.7 Å². The number of carbonyl (C=O) groups excluding carboxylic acids is 1. The molecule has 0 rings (SSSR count). The number of nitrogens with one attached hydrogen (secondary N) is 1. The van der Waals surface area contributed by atoms with Crippen LogP contribution in [0.25, 0.3) is 0 Å². The second-order valence-corrected chi connectivity index (χ2v) is 19.6. The fraction of sp³-hybridized carbons (Fsp3) is 0.938. The predicted octanol–water partition coefficient (Wildman–Crippen LogP) is 13.9. The van der Waals surface area contributed by atoms with E-state index in [9.17, 15) is 19.4 Å². The van der Waals surface area contributed by atoms with E-state index < -0.39 is 20.0 Å². The number of hydrogen-bond acceptors (Lipinski definition) is 5. The van der Waals surface area contributed by atoms with Crippen LogP contribution in [0, 0.1) is 0 Å². The van der Waals surface area contributed by atoms with Crippen LogP contribution >= 0.6 is 7.82 Å². The van der Waals surface area contributed by atoms with Gasteiger partial charge in [0.05, 0.1) is 39.9 Å². The topological polar surface area (TPSA) is 105 Å². The SMILES string of the molecule is CCCC/C=C\CCCCCCC(=O)NC(COP(=O)(O)OCC[N+](C)(C)C)C(O)CCCCCCCCCCCCCCCCCCCCCCCCCCC. The van der Waals surface area contributed by atoms with Crippen molar-refractivity contribution in [2.24, 2.45) is 0 Å². The summed E-state index contributed by atoms with van der Waals surface area (Å²) in [5.74, 6) is -0.157. The molecule has 3 atom stereocenters. The Labute approximate surface area is 354 Å². The van der Waals surface area contributed by atoms with E-state index in [4.69, 9.17) is 9.05 Å². The van der Waals surface area contributed by atoms with Gasteiger partial charge in [-0.3, -0.25) is 13.8 Å². The second-order valence-electron chi connectivity index (χ2n) is 18.2. The van der Waals surface area contributed by atoms with Crippen molar-refractivity contribution in [3.8, 4) is 0 Å². The molecule has 0 spiro atoms. The lowest BCUT2D eigenvalue weighted by molar-refractivity contribution is -0.870. The molecule has 0 aromatic carbocycles. The zero-order chi connectivity index (χ0) is 42.1. The molecule has 0 aliphatic heterocycles. The van der Waals surface area contributed by atoms with Crippen LogP contribution in [-0.4, -0.2) is 73.4 Å². The Bertz CT molecular complexity index is 942. The number of allylic oxidation sites excluding steroid dienone is 2. The maximum Gasteiger partial charge on any atom is 0.472 e. The van der Waals surface area contributed by atoms with Crippen molar-refractivity contribution in [2.45, 2.75) is 251 Å². The molecule has 9 heteroatoms. The normalized spacial score (nSPS) is 14.3. The highest BCUT2D eigenvalue weighted by Crippen LogP contribution is 2.43. The van der Waals surface area contributed by atoms with Gasteiger partial charge in [-0.15, -0.1) is 0 Å². The Morgan fingerprint density at radius 3 is 1.40 bits per heavy atom. The third-order valence-corrected chi connectivity index (χ3v) is 12.2. The fourth-order valence-electron chi connectivity index (χ4n) is 7.32. The third-order valence-electron chi connectivity index (χ3n) is 11.3. The standard InChI is InChI=1S/C48H97N2O6P/c1-6-8-10-12-14-16-18-19-20-21-22-23-24-25-26-27-28-29-30-31-32-33-35-37-39-41-47(51)46(45-56-57(53,54)55-44-43-50(3,4)5)49-48(52)42-40-38-36-34-17-15-13-11-9-7-2/h13,15,46-47,51H,6-12,14,16-45H2,1-5H3,(H-,49,52,53,54)/p+1/b15-13-. The van der Waals surface area contributed by atoms with Crippen molar-refractivity contribution in [1.82, 2.24) is 5.32 Å². The molecule has 3 N–H and O–H groups in total. The van der Waals surface area contributed by atoms with E-state index in [0.717, 1.165) is 57.8 Å². The highest BCUT2D eigenvalue weighted by molar-refractivity contribution is 7.47. The first kappa shape index (κ1) is 56.2. The summed E-state index contributed by atoms with van der Waals surface area (Å²) in [7, 11) is 1.62. The number of likely N-dealkylation sites (N-methyl/N-ethyl adjacent to an activating group) is 1. The smallest absolute Gasteiger partial charge is 0.391 e. The molecular formula is C48H98N2O6P+. The Balaban J connectivity index is 4.11. The number of phosphoric acid groups is 1. The zero-order valence-corrected chi connectivity index (χ0v) is 39.5. The van der Waals surface area contributed by atoms with Gasteiger partial charge in [0.1, 0.15) is 13.2 Å². The largest absolute Gasteiger partial charge is 0.472 e. The number of unbranched alkanes of at least 4 members (excludes halogenated alkanes) is 30. The quantitative estimate of drug-likeness (QED) is 0.0244. The van der Waals surface area contributed by atoms with Gasteiger partial charge in [-0.25, -0.2) is 4.57 Å². The fourth-order valence-corrected chi connectivity index (χ4v) is 8.06. The van der Waals surface area contributed by atoms with E-state index in [1.807, 2.05) is 21.1 Å². The van der Waals surface area contributed by atoms with Crippen molar-refractivity contribution in [2.75, 3.05) is 40.9 Å². The number of amides is 1. The number of aliphatic hydroxyl groups excluding tert-OH is 1. The molecule has 0 radical (unpaired) electrons. The van der Waals surface area contributed by atoms with Crippen LogP contribution in [0.15, 0.2) is 12.2 Å². The summed E-state index contributed by atoms with van der Waals surface area (Å²) in [6.07, 6.45) is 46.9. The minimum atomic E-state index is -4.31. The van der Waals surface area contributed by atoms with E-state index in [0.29, 0.717) is 23.9 Å². The Kier molecular flexibility index (Phi) is 40.1. The summed E-state index contributed by atoms with van der Waals surface area (Å²) in [5, 5.41) is 14.0. The van der Waals surface area contributed by atoms with Gasteiger partial charge in [-0.2, -0.15) is 0 Å². The van der Waals surface area contributed by atoms with Crippen LogP contribution in [0.4, 0.5) is 0 Å². The lowest BCUT2D eigenvalue weighted by atomic mass is 10.0. The van der Waals surface area contributed by atoms with Gasteiger partial charge in [0, 0.05) is 6.42 Å². The molecule has 0 saturated carbocycles. The van der Waals surface area contributed by atoms with Gasteiger partial charge in [0.25, 0.3) is 0 Å². The highest BCUT2D eigenvalue weighted by atomic mass is 31.2. The van der Waals surface area contributed by atoms with Crippen LogP contribution in [0.5, 0.6) is 0 Å². The minimum absolute atomic E-state index is 0.0744. The molecule has 0 aliphatic carbocycles. The van der Waals surface area contributed by atoms with Crippen molar-refractivity contribution in [1.29, 1.82) is 0 Å². The number of hydrogen-bond donors (Lipinski definition) is 3. The summed E-state index contributed by atoms with van der Waals surface area (Å²) in [4.78, 5) is 23.1. The molecule has 0 fully saturated rings. The average Bonchev–Trinajstić information content (AvgIpc) is 3.16. The van der Waals surface area contributed by atoms with Crippen LogP contribution in [0.3, 0.4) is 0 Å². The van der Waals surface area contributed by atoms with Gasteiger partial charge in [-0.05, 0) is 32.1 Å². The monoisotopic (exact) mass is 830 g/mol. The van der Waals surface area contributed by atoms with Crippen molar-refractivity contribution in [3.05, 3.63) is 12.2 Å². The van der Waals surface area contributed by atoms with Crippen LogP contribution in [0.2, 0.25) is 0 Å². The Hall–Kier alpha value is -0.760. The summed E-state index contributed by atoms with van der Waals surface area (Å²) in [5.41, 5.74) is 0. The first-order valence-corrected chi connectivity index (χ1v) is 26.0. The molecule has 0 saturated heterocycles. The molecule has 3 unspecified atom stereocenters. The lowest BCUT2D eigenvalue weighted by Crippen LogP contribution is -2.46. The number of rotatable bonds is 45. The Morgan fingerprint density at radius 2 is 0.965 bits per heavy atom. The van der Waals surface area contributed by atoms with E-state index in [1.165, 1.54) is 154 Å². The van der Waals surface area contributed by atoms with Gasteiger partial charge in [-0.1, -0.05) is 212 Å². The second kappa shape index (κ2) is 40.6. The molecule has 340 valence electrons. The molecule has 1 amide bonds. The lowest BCUT2D eigenvalue weighted by Gasteiger charge is -2.26. The molecule has 8 nitrogen and oxygen atoms in total. The third kappa shape index (κ3) is 43.1. The van der Waals surface area contributed by atoms with Crippen LogP contribution in [0.1, 0.15) is 239 Å². The summed E-state index contributed by atoms with van der Waals surface area (Å²) >= 11 is 0. The molecule has 0 aliphatic rings. The number of quaternary nitrogens is 1. The molecule has 0 heterocycles. The number of phosphoric ester groups is 1. The van der Waals surface area contributed by atoms with Crippen molar-refractivity contribution in [3.63, 3.8) is 0 Å². The van der Waals surface area contributed by atoms with Gasteiger partial charge in [0.15, 0.2) is 0 Å². The van der Waals surface area contributed by atoms with Gasteiger partial charge in [0.2, 0.25) is 5.91 Å².